The molecule has 0 fully saturated rings. The second-order valence-electron chi connectivity index (χ2n) is 3.78. The van der Waals surface area contributed by atoms with E-state index in [-0.39, 0.29) is 5.69 Å². The maximum Gasteiger partial charge on any atom is 0.360 e. The van der Waals surface area contributed by atoms with Gasteiger partial charge in [0.05, 0.1) is 7.11 Å². The highest BCUT2D eigenvalue weighted by Gasteiger charge is 2.18. The predicted molar refractivity (Wildman–Crippen MR) is 62.8 cm³/mol. The molecular weight excluding hydrogens is 218 g/mol. The molecule has 4 heteroatoms. The zero-order valence-corrected chi connectivity index (χ0v) is 9.98. The summed E-state index contributed by atoms with van der Waals surface area (Å²) in [6.45, 7) is 3.68. The number of oxazole rings is 1. The number of esters is 1. The van der Waals surface area contributed by atoms with Crippen molar-refractivity contribution >= 4 is 5.97 Å². The maximum atomic E-state index is 11.4. The molecule has 0 aliphatic rings. The minimum atomic E-state index is -0.481. The van der Waals surface area contributed by atoms with E-state index in [9.17, 15) is 4.79 Å². The number of aromatic nitrogens is 1. The van der Waals surface area contributed by atoms with Crippen molar-refractivity contribution in [2.24, 2.45) is 0 Å². The second kappa shape index (κ2) is 4.41. The molecule has 0 spiro atoms. The van der Waals surface area contributed by atoms with Gasteiger partial charge in [0.2, 0.25) is 5.89 Å². The molecule has 17 heavy (non-hydrogen) atoms. The van der Waals surface area contributed by atoms with Crippen LogP contribution in [0.1, 0.15) is 21.8 Å². The zero-order chi connectivity index (χ0) is 12.4. The third-order valence-electron chi connectivity index (χ3n) is 2.44. The number of ether oxygens (including phenoxy) is 1. The van der Waals surface area contributed by atoms with Gasteiger partial charge in [-0.1, -0.05) is 17.7 Å². The van der Waals surface area contributed by atoms with Crippen LogP contribution in [0.2, 0.25) is 0 Å². The average Bonchev–Trinajstić information content (AvgIpc) is 2.70. The van der Waals surface area contributed by atoms with Gasteiger partial charge in [0.25, 0.3) is 0 Å². The molecule has 1 aromatic heterocycles. The van der Waals surface area contributed by atoms with Crippen LogP contribution in [0.25, 0.3) is 11.5 Å². The van der Waals surface area contributed by atoms with Crippen LogP contribution in [-0.4, -0.2) is 18.1 Å². The van der Waals surface area contributed by atoms with Gasteiger partial charge in [0, 0.05) is 5.56 Å². The fourth-order valence-electron chi connectivity index (χ4n) is 1.58. The highest BCUT2D eigenvalue weighted by atomic mass is 16.5. The summed E-state index contributed by atoms with van der Waals surface area (Å²) in [6, 6.07) is 7.74. The smallest absolute Gasteiger partial charge is 0.360 e. The van der Waals surface area contributed by atoms with E-state index in [0.29, 0.717) is 11.7 Å². The lowest BCUT2D eigenvalue weighted by atomic mass is 10.1. The summed E-state index contributed by atoms with van der Waals surface area (Å²) in [5.74, 6) is 0.421. The van der Waals surface area contributed by atoms with E-state index in [1.54, 1.807) is 6.92 Å². The lowest BCUT2D eigenvalue weighted by Gasteiger charge is -1.96. The highest BCUT2D eigenvalue weighted by molar-refractivity contribution is 5.88. The molecule has 0 radical (unpaired) electrons. The second-order valence-corrected chi connectivity index (χ2v) is 3.78. The van der Waals surface area contributed by atoms with E-state index < -0.39 is 5.97 Å². The molecule has 2 aromatic rings. The number of hydrogen-bond donors (Lipinski definition) is 0. The van der Waals surface area contributed by atoms with Gasteiger partial charge in [-0.05, 0) is 26.0 Å². The molecule has 1 aromatic carbocycles. The van der Waals surface area contributed by atoms with Gasteiger partial charge < -0.3 is 9.15 Å². The molecule has 88 valence electrons. The Bertz CT molecular complexity index is 558. The summed E-state index contributed by atoms with van der Waals surface area (Å²) in [6.07, 6.45) is 0. The third kappa shape index (κ3) is 2.20. The summed E-state index contributed by atoms with van der Waals surface area (Å²) >= 11 is 0. The Hall–Kier alpha value is -2.10. The van der Waals surface area contributed by atoms with E-state index in [4.69, 9.17) is 4.42 Å². The van der Waals surface area contributed by atoms with Gasteiger partial charge in [-0.25, -0.2) is 9.78 Å². The predicted octanol–water partition coefficient (Wildman–Crippen LogP) is 2.75. The Morgan fingerprint density at radius 3 is 2.76 bits per heavy atom. The van der Waals surface area contributed by atoms with Crippen LogP contribution in [-0.2, 0) is 4.74 Å². The van der Waals surface area contributed by atoms with Crippen molar-refractivity contribution in [2.45, 2.75) is 13.8 Å². The first-order valence-electron chi connectivity index (χ1n) is 5.24. The first kappa shape index (κ1) is 11.4. The number of hydrogen-bond acceptors (Lipinski definition) is 4. The number of benzene rings is 1. The molecule has 0 saturated heterocycles. The lowest BCUT2D eigenvalue weighted by molar-refractivity contribution is 0.0593. The Balaban J connectivity index is 2.44. The van der Waals surface area contributed by atoms with Crippen LogP contribution >= 0.6 is 0 Å². The van der Waals surface area contributed by atoms with Crippen molar-refractivity contribution in [3.05, 3.63) is 41.3 Å². The first-order chi connectivity index (χ1) is 8.11. The number of methoxy groups -OCH3 is 1. The van der Waals surface area contributed by atoms with Crippen molar-refractivity contribution in [3.63, 3.8) is 0 Å². The number of aryl methyl sites for hydroxylation is 2. The molecule has 0 bridgehead atoms. The fourth-order valence-corrected chi connectivity index (χ4v) is 1.58. The Morgan fingerprint density at radius 2 is 2.12 bits per heavy atom. The summed E-state index contributed by atoms with van der Waals surface area (Å²) in [4.78, 5) is 15.6. The van der Waals surface area contributed by atoms with Gasteiger partial charge in [-0.3, -0.25) is 0 Å². The van der Waals surface area contributed by atoms with E-state index in [0.717, 1.165) is 11.1 Å². The van der Waals surface area contributed by atoms with Gasteiger partial charge in [-0.15, -0.1) is 0 Å². The summed E-state index contributed by atoms with van der Waals surface area (Å²) in [7, 11) is 1.32. The van der Waals surface area contributed by atoms with Gasteiger partial charge in [0.15, 0.2) is 5.69 Å². The van der Waals surface area contributed by atoms with Crippen molar-refractivity contribution in [3.8, 4) is 11.5 Å². The van der Waals surface area contributed by atoms with Crippen molar-refractivity contribution < 1.29 is 13.9 Å². The molecule has 0 aliphatic carbocycles. The number of nitrogens with zero attached hydrogens (tertiary/aromatic N) is 1. The molecular formula is C13H13NO3. The van der Waals surface area contributed by atoms with Crippen LogP contribution in [0, 0.1) is 13.8 Å². The molecule has 4 nitrogen and oxygen atoms in total. The van der Waals surface area contributed by atoms with E-state index in [1.807, 2.05) is 31.2 Å². The molecule has 0 amide bonds. The zero-order valence-electron chi connectivity index (χ0n) is 9.98. The van der Waals surface area contributed by atoms with Crippen LogP contribution < -0.4 is 0 Å². The quantitative estimate of drug-likeness (QED) is 0.746. The minimum Gasteiger partial charge on any atom is -0.464 e. The summed E-state index contributed by atoms with van der Waals surface area (Å²) < 4.78 is 10.1. The monoisotopic (exact) mass is 231 g/mol. The standard InChI is InChI=1S/C13H13NO3/c1-8-5-4-6-10(7-8)12-14-11(9(2)17-12)13(15)16-3/h4-7H,1-3H3. The van der Waals surface area contributed by atoms with Gasteiger partial charge in [-0.2, -0.15) is 0 Å². The van der Waals surface area contributed by atoms with Crippen LogP contribution in [0.5, 0.6) is 0 Å². The van der Waals surface area contributed by atoms with E-state index in [1.165, 1.54) is 7.11 Å². The van der Waals surface area contributed by atoms with Crippen LogP contribution in [0.4, 0.5) is 0 Å². The largest absolute Gasteiger partial charge is 0.464 e. The Morgan fingerprint density at radius 1 is 1.35 bits per heavy atom. The highest BCUT2D eigenvalue weighted by Crippen LogP contribution is 2.22. The molecule has 0 saturated carbocycles. The molecule has 0 atom stereocenters. The average molecular weight is 231 g/mol. The Kier molecular flexibility index (Phi) is 2.95. The molecule has 0 N–H and O–H groups in total. The van der Waals surface area contributed by atoms with Gasteiger partial charge >= 0.3 is 5.97 Å². The first-order valence-corrected chi connectivity index (χ1v) is 5.24. The maximum absolute atomic E-state index is 11.4. The summed E-state index contributed by atoms with van der Waals surface area (Å²) in [5, 5.41) is 0. The SMILES string of the molecule is COC(=O)c1nc(-c2cccc(C)c2)oc1C. The van der Waals surface area contributed by atoms with Crippen molar-refractivity contribution in [2.75, 3.05) is 7.11 Å². The molecule has 1 heterocycles. The normalized spacial score (nSPS) is 10.3. The molecule has 0 aliphatic heterocycles. The van der Waals surface area contributed by atoms with E-state index >= 15 is 0 Å². The molecule has 0 unspecified atom stereocenters. The third-order valence-corrected chi connectivity index (χ3v) is 2.44. The topological polar surface area (TPSA) is 52.3 Å². The number of carbonyl (C=O) groups excluding carboxylic acids is 1. The molecule has 2 rings (SSSR count). The fraction of sp³-hybridized carbons (Fsp3) is 0.231. The number of carbonyl (C=O) groups is 1. The van der Waals surface area contributed by atoms with Gasteiger partial charge in [0.1, 0.15) is 5.76 Å². The Labute approximate surface area is 99.2 Å². The lowest BCUT2D eigenvalue weighted by Crippen LogP contribution is -2.03. The number of rotatable bonds is 2. The van der Waals surface area contributed by atoms with Crippen LogP contribution in [0.15, 0.2) is 28.7 Å². The van der Waals surface area contributed by atoms with E-state index in [2.05, 4.69) is 9.72 Å². The van der Waals surface area contributed by atoms with Crippen molar-refractivity contribution in [1.82, 2.24) is 4.98 Å². The van der Waals surface area contributed by atoms with Crippen molar-refractivity contribution in [1.29, 1.82) is 0 Å². The van der Waals surface area contributed by atoms with Crippen LogP contribution in [0.3, 0.4) is 0 Å². The summed E-state index contributed by atoms with van der Waals surface area (Å²) in [5.41, 5.74) is 2.19. The minimum absolute atomic E-state index is 0.226.